The molecule has 1 fully saturated rings. The van der Waals surface area contributed by atoms with Crippen molar-refractivity contribution in [2.75, 3.05) is 6.61 Å². The fraction of sp³-hybridized carbons (Fsp3) is 0.882. The highest BCUT2D eigenvalue weighted by atomic mass is 16.5. The maximum atomic E-state index is 11.8. The zero-order valence-electron chi connectivity index (χ0n) is 13.0. The lowest BCUT2D eigenvalue weighted by Crippen LogP contribution is -2.11. The van der Waals surface area contributed by atoms with Gasteiger partial charge in [-0.25, -0.2) is 0 Å². The Bertz CT molecular complexity index is 286. The zero-order valence-corrected chi connectivity index (χ0v) is 13.0. The highest BCUT2D eigenvalue weighted by molar-refractivity contribution is 5.78. The SMILES string of the molecule is CC1CCOC(=O)CCCCCCCCCCC(=O)C1. The number of hydrogen-bond donors (Lipinski definition) is 0. The van der Waals surface area contributed by atoms with Gasteiger partial charge in [0.2, 0.25) is 0 Å². The summed E-state index contributed by atoms with van der Waals surface area (Å²) >= 11 is 0. The molecule has 0 aromatic rings. The lowest BCUT2D eigenvalue weighted by molar-refractivity contribution is -0.144. The van der Waals surface area contributed by atoms with Gasteiger partial charge in [0.05, 0.1) is 6.61 Å². The molecule has 116 valence electrons. The molecule has 1 aliphatic rings. The molecule has 0 aromatic carbocycles. The first-order chi connectivity index (χ1) is 9.68. The van der Waals surface area contributed by atoms with Crippen LogP contribution in [-0.4, -0.2) is 18.4 Å². The molecule has 1 saturated heterocycles. The molecule has 1 heterocycles. The number of hydrogen-bond acceptors (Lipinski definition) is 3. The zero-order chi connectivity index (χ0) is 14.6. The van der Waals surface area contributed by atoms with Crippen molar-refractivity contribution < 1.29 is 14.3 Å². The second-order valence-electron chi connectivity index (χ2n) is 6.19. The van der Waals surface area contributed by atoms with Gasteiger partial charge in [-0.2, -0.15) is 0 Å². The van der Waals surface area contributed by atoms with E-state index in [9.17, 15) is 9.59 Å². The van der Waals surface area contributed by atoms with Gasteiger partial charge in [0.1, 0.15) is 5.78 Å². The Morgan fingerprint density at radius 1 is 0.850 bits per heavy atom. The van der Waals surface area contributed by atoms with Gasteiger partial charge in [0, 0.05) is 19.3 Å². The fourth-order valence-corrected chi connectivity index (χ4v) is 2.69. The second-order valence-corrected chi connectivity index (χ2v) is 6.19. The number of esters is 1. The van der Waals surface area contributed by atoms with Crippen LogP contribution in [0.5, 0.6) is 0 Å². The molecule has 1 rings (SSSR count). The van der Waals surface area contributed by atoms with Crippen LogP contribution >= 0.6 is 0 Å². The molecule has 0 N–H and O–H groups in total. The molecule has 1 unspecified atom stereocenters. The summed E-state index contributed by atoms with van der Waals surface area (Å²) in [7, 11) is 0. The smallest absolute Gasteiger partial charge is 0.305 e. The molecule has 0 spiro atoms. The number of cyclic esters (lactones) is 1. The highest BCUT2D eigenvalue weighted by Crippen LogP contribution is 2.15. The first kappa shape index (κ1) is 17.2. The van der Waals surface area contributed by atoms with Crippen LogP contribution in [0.2, 0.25) is 0 Å². The minimum Gasteiger partial charge on any atom is -0.466 e. The number of carbonyl (C=O) groups is 2. The summed E-state index contributed by atoms with van der Waals surface area (Å²) in [5.74, 6) is 0.618. The van der Waals surface area contributed by atoms with E-state index in [1.54, 1.807) is 0 Å². The molecular formula is C17H30O3. The van der Waals surface area contributed by atoms with Crippen LogP contribution in [0.4, 0.5) is 0 Å². The monoisotopic (exact) mass is 282 g/mol. The van der Waals surface area contributed by atoms with Gasteiger partial charge in [0.25, 0.3) is 0 Å². The fourth-order valence-electron chi connectivity index (χ4n) is 2.69. The van der Waals surface area contributed by atoms with E-state index in [1.165, 1.54) is 32.1 Å². The van der Waals surface area contributed by atoms with Crippen LogP contribution < -0.4 is 0 Å². The summed E-state index contributed by atoms with van der Waals surface area (Å²) in [6.07, 6.45) is 12.0. The Hall–Kier alpha value is -0.860. The molecule has 1 aliphatic heterocycles. The van der Waals surface area contributed by atoms with Crippen LogP contribution in [0.3, 0.4) is 0 Å². The molecular weight excluding hydrogens is 252 g/mol. The number of Topliss-reactive ketones (excluding diaryl/α,β-unsaturated/α-hetero) is 1. The first-order valence-electron chi connectivity index (χ1n) is 8.36. The van der Waals surface area contributed by atoms with Crippen LogP contribution in [-0.2, 0) is 14.3 Å². The average molecular weight is 282 g/mol. The van der Waals surface area contributed by atoms with Crippen LogP contribution in [0.15, 0.2) is 0 Å². The maximum Gasteiger partial charge on any atom is 0.305 e. The standard InChI is InChI=1S/C17H30O3/c1-15-12-13-20-17(19)11-9-7-5-3-2-4-6-8-10-16(18)14-15/h15H,2-14H2,1H3. The lowest BCUT2D eigenvalue weighted by atomic mass is 9.98. The molecule has 3 heteroatoms. The van der Waals surface area contributed by atoms with E-state index < -0.39 is 0 Å². The Labute approximate surface area is 123 Å². The predicted molar refractivity (Wildman–Crippen MR) is 80.5 cm³/mol. The molecule has 0 aliphatic carbocycles. The van der Waals surface area contributed by atoms with Gasteiger partial charge >= 0.3 is 5.97 Å². The van der Waals surface area contributed by atoms with E-state index in [-0.39, 0.29) is 5.97 Å². The van der Waals surface area contributed by atoms with Gasteiger partial charge < -0.3 is 4.74 Å². The molecule has 0 aromatic heterocycles. The predicted octanol–water partition coefficient (Wildman–Crippen LogP) is 4.43. The Morgan fingerprint density at radius 2 is 1.40 bits per heavy atom. The van der Waals surface area contributed by atoms with E-state index in [1.807, 2.05) is 0 Å². The Kier molecular flexibility index (Phi) is 9.35. The summed E-state index contributed by atoms with van der Waals surface area (Å²) in [5, 5.41) is 0. The van der Waals surface area contributed by atoms with Crippen LogP contribution in [0.1, 0.15) is 84.0 Å². The van der Waals surface area contributed by atoms with Crippen molar-refractivity contribution in [1.29, 1.82) is 0 Å². The summed E-state index contributed by atoms with van der Waals surface area (Å²) < 4.78 is 5.22. The minimum atomic E-state index is -0.0761. The van der Waals surface area contributed by atoms with Crippen molar-refractivity contribution in [3.63, 3.8) is 0 Å². The number of ketones is 1. The van der Waals surface area contributed by atoms with Gasteiger partial charge in [-0.15, -0.1) is 0 Å². The quantitative estimate of drug-likeness (QED) is 0.617. The summed E-state index contributed by atoms with van der Waals surface area (Å²) in [5.41, 5.74) is 0. The van der Waals surface area contributed by atoms with E-state index in [4.69, 9.17) is 4.74 Å². The third-order valence-electron chi connectivity index (χ3n) is 4.04. The number of ether oxygens (including phenoxy) is 1. The van der Waals surface area contributed by atoms with Gasteiger partial charge in [-0.05, 0) is 25.2 Å². The number of carbonyl (C=O) groups excluding carboxylic acids is 2. The molecule has 20 heavy (non-hydrogen) atoms. The van der Waals surface area contributed by atoms with Crippen molar-refractivity contribution in [3.05, 3.63) is 0 Å². The first-order valence-corrected chi connectivity index (χ1v) is 8.36. The lowest BCUT2D eigenvalue weighted by Gasteiger charge is -2.11. The van der Waals surface area contributed by atoms with E-state index >= 15 is 0 Å². The minimum absolute atomic E-state index is 0.0761. The second kappa shape index (κ2) is 10.9. The van der Waals surface area contributed by atoms with Crippen molar-refractivity contribution in [2.24, 2.45) is 5.92 Å². The topological polar surface area (TPSA) is 43.4 Å². The molecule has 3 nitrogen and oxygen atoms in total. The number of rotatable bonds is 0. The van der Waals surface area contributed by atoms with Gasteiger partial charge in [0.15, 0.2) is 0 Å². The van der Waals surface area contributed by atoms with Crippen molar-refractivity contribution in [2.45, 2.75) is 84.0 Å². The highest BCUT2D eigenvalue weighted by Gasteiger charge is 2.11. The molecule has 0 bridgehead atoms. The van der Waals surface area contributed by atoms with E-state index in [2.05, 4.69) is 6.92 Å². The summed E-state index contributed by atoms with van der Waals surface area (Å²) in [6, 6.07) is 0. The van der Waals surface area contributed by atoms with Gasteiger partial charge in [-0.3, -0.25) is 9.59 Å². The Morgan fingerprint density at radius 3 is 2.05 bits per heavy atom. The summed E-state index contributed by atoms with van der Waals surface area (Å²) in [4.78, 5) is 23.3. The van der Waals surface area contributed by atoms with Gasteiger partial charge in [-0.1, -0.05) is 45.4 Å². The average Bonchev–Trinajstić information content (AvgIpc) is 2.40. The third-order valence-corrected chi connectivity index (χ3v) is 4.04. The normalized spacial score (nSPS) is 25.8. The third kappa shape index (κ3) is 9.11. The molecule has 0 amide bonds. The van der Waals surface area contributed by atoms with Crippen LogP contribution in [0.25, 0.3) is 0 Å². The molecule has 1 atom stereocenters. The van der Waals surface area contributed by atoms with Crippen molar-refractivity contribution in [1.82, 2.24) is 0 Å². The summed E-state index contributed by atoms with van der Waals surface area (Å²) in [6.45, 7) is 2.53. The Balaban J connectivity index is 2.31. The van der Waals surface area contributed by atoms with E-state index in [0.29, 0.717) is 31.1 Å². The van der Waals surface area contributed by atoms with Crippen molar-refractivity contribution in [3.8, 4) is 0 Å². The molecule has 0 saturated carbocycles. The maximum absolute atomic E-state index is 11.8. The van der Waals surface area contributed by atoms with E-state index in [0.717, 1.165) is 32.1 Å². The van der Waals surface area contributed by atoms with Crippen LogP contribution in [0, 0.1) is 5.92 Å². The van der Waals surface area contributed by atoms with Crippen molar-refractivity contribution >= 4 is 11.8 Å². The molecule has 0 radical (unpaired) electrons. The largest absolute Gasteiger partial charge is 0.466 e.